The molecule has 0 radical (unpaired) electrons. The highest BCUT2D eigenvalue weighted by molar-refractivity contribution is 7.94. The number of para-hydroxylation sites is 1. The van der Waals surface area contributed by atoms with Crippen LogP contribution in [-0.4, -0.2) is 26.6 Å². The molecular weight excluding hydrogens is 323 g/mol. The lowest BCUT2D eigenvalue weighted by Crippen LogP contribution is -2.25. The van der Waals surface area contributed by atoms with Gasteiger partial charge in [-0.15, -0.1) is 4.49 Å². The van der Waals surface area contributed by atoms with E-state index >= 15 is 0 Å². The van der Waals surface area contributed by atoms with E-state index in [1.165, 1.54) is 26.0 Å². The molecule has 1 unspecified atom stereocenters. The van der Waals surface area contributed by atoms with Crippen LogP contribution in [-0.2, 0) is 23.6 Å². The van der Waals surface area contributed by atoms with Gasteiger partial charge < -0.3 is 0 Å². The molecule has 0 aliphatic rings. The molecule has 0 saturated heterocycles. The van der Waals surface area contributed by atoms with E-state index in [1.807, 2.05) is 0 Å². The van der Waals surface area contributed by atoms with Gasteiger partial charge in [0.25, 0.3) is 15.7 Å². The van der Waals surface area contributed by atoms with Crippen LogP contribution in [0.1, 0.15) is 13.8 Å². The molecule has 0 saturated carbocycles. The Hall–Kier alpha value is -1.32. The van der Waals surface area contributed by atoms with Gasteiger partial charge in [-0.1, -0.05) is 12.1 Å². The highest BCUT2D eigenvalue weighted by Crippen LogP contribution is 2.46. The standard InChI is InChI=1S/C10H15N2O7PS/c1-8(2)19-20(15,18-3)11-21(16,17)10-7-5-4-6-9(10)12(13)14/h4-8H,1-3H3,(H,11,15). The number of hydrogen-bond acceptors (Lipinski definition) is 7. The van der Waals surface area contributed by atoms with Gasteiger partial charge in [0.05, 0.1) is 11.0 Å². The average molecular weight is 338 g/mol. The summed E-state index contributed by atoms with van der Waals surface area (Å²) in [5, 5.41) is 10.9. The number of sulfonamides is 1. The summed E-state index contributed by atoms with van der Waals surface area (Å²) in [5.41, 5.74) is -0.641. The largest absolute Gasteiger partial charge is 0.419 e. The van der Waals surface area contributed by atoms with Gasteiger partial charge in [0, 0.05) is 13.2 Å². The van der Waals surface area contributed by atoms with Crippen LogP contribution in [0.15, 0.2) is 29.2 Å². The number of nitro benzene ring substituents is 1. The summed E-state index contributed by atoms with van der Waals surface area (Å²) in [6.07, 6.45) is -0.579. The van der Waals surface area contributed by atoms with Gasteiger partial charge in [-0.05, 0) is 19.9 Å². The Labute approximate surface area is 122 Å². The number of benzene rings is 1. The van der Waals surface area contributed by atoms with Crippen molar-refractivity contribution in [1.82, 2.24) is 4.49 Å². The quantitative estimate of drug-likeness (QED) is 0.458. The normalized spacial score (nSPS) is 14.9. The highest BCUT2D eigenvalue weighted by atomic mass is 32.2. The van der Waals surface area contributed by atoms with Crippen LogP contribution < -0.4 is 4.49 Å². The van der Waals surface area contributed by atoms with Crippen molar-refractivity contribution in [2.45, 2.75) is 24.8 Å². The summed E-state index contributed by atoms with van der Waals surface area (Å²) in [6.45, 7) is 3.07. The van der Waals surface area contributed by atoms with Crippen molar-refractivity contribution in [1.29, 1.82) is 0 Å². The van der Waals surface area contributed by atoms with Crippen molar-refractivity contribution in [3.63, 3.8) is 0 Å². The first-order valence-corrected chi connectivity index (χ1v) is 8.75. The zero-order chi connectivity index (χ0) is 16.3. The third kappa shape index (κ3) is 4.58. The molecule has 0 amide bonds. The predicted octanol–water partition coefficient (Wildman–Crippen LogP) is 2.05. The molecule has 0 aliphatic carbocycles. The fourth-order valence-electron chi connectivity index (χ4n) is 1.41. The van der Waals surface area contributed by atoms with E-state index in [4.69, 9.17) is 4.52 Å². The Morgan fingerprint density at radius 2 is 1.90 bits per heavy atom. The summed E-state index contributed by atoms with van der Waals surface area (Å²) in [7, 11) is -7.61. The molecular formula is C10H15N2O7PS. The monoisotopic (exact) mass is 338 g/mol. The molecule has 1 atom stereocenters. The van der Waals surface area contributed by atoms with Crippen molar-refractivity contribution >= 4 is 23.5 Å². The second-order valence-corrected chi connectivity index (χ2v) is 7.90. The van der Waals surface area contributed by atoms with Crippen LogP contribution in [0.25, 0.3) is 0 Å². The molecule has 1 aromatic rings. The van der Waals surface area contributed by atoms with Gasteiger partial charge in [0.2, 0.25) is 0 Å². The van der Waals surface area contributed by atoms with E-state index in [9.17, 15) is 23.1 Å². The Morgan fingerprint density at radius 3 is 2.38 bits per heavy atom. The molecule has 118 valence electrons. The van der Waals surface area contributed by atoms with E-state index in [0.717, 1.165) is 19.2 Å². The van der Waals surface area contributed by atoms with Crippen LogP contribution in [0.5, 0.6) is 0 Å². The summed E-state index contributed by atoms with van der Waals surface area (Å²) in [4.78, 5) is 9.39. The predicted molar refractivity (Wildman–Crippen MR) is 74.3 cm³/mol. The molecule has 0 fully saturated rings. The maximum absolute atomic E-state index is 12.2. The fourth-order valence-corrected chi connectivity index (χ4v) is 4.77. The molecule has 9 nitrogen and oxygen atoms in total. The van der Waals surface area contributed by atoms with Gasteiger partial charge in [0.15, 0.2) is 4.90 Å². The lowest BCUT2D eigenvalue weighted by Gasteiger charge is -2.19. The lowest BCUT2D eigenvalue weighted by molar-refractivity contribution is -0.387. The summed E-state index contributed by atoms with van der Waals surface area (Å²) in [5.74, 6) is 0. The molecule has 1 rings (SSSR count). The summed E-state index contributed by atoms with van der Waals surface area (Å²) >= 11 is 0. The van der Waals surface area contributed by atoms with Crippen LogP contribution >= 0.6 is 7.75 Å². The maximum Gasteiger partial charge on any atom is 0.419 e. The van der Waals surface area contributed by atoms with Gasteiger partial charge in [-0.3, -0.25) is 19.2 Å². The Morgan fingerprint density at radius 1 is 1.33 bits per heavy atom. The Bertz CT molecular complexity index is 674. The molecule has 1 aromatic carbocycles. The first-order valence-electron chi connectivity index (χ1n) is 5.73. The minimum atomic E-state index is -4.46. The zero-order valence-electron chi connectivity index (χ0n) is 11.5. The average Bonchev–Trinajstić information content (AvgIpc) is 2.37. The molecule has 0 bridgehead atoms. The third-order valence-corrected chi connectivity index (χ3v) is 6.13. The number of rotatable bonds is 7. The van der Waals surface area contributed by atoms with Gasteiger partial charge in [0.1, 0.15) is 0 Å². The summed E-state index contributed by atoms with van der Waals surface area (Å²) < 4.78 is 47.7. The zero-order valence-corrected chi connectivity index (χ0v) is 13.3. The highest BCUT2D eigenvalue weighted by Gasteiger charge is 2.35. The lowest BCUT2D eigenvalue weighted by atomic mass is 10.3. The van der Waals surface area contributed by atoms with Crippen molar-refractivity contribution in [3.8, 4) is 0 Å². The first kappa shape index (κ1) is 17.7. The SMILES string of the molecule is COP(=O)(NS(=O)(=O)c1ccccc1[N+](=O)[O-])OC(C)C. The van der Waals surface area contributed by atoms with Crippen LogP contribution in [0, 0.1) is 10.1 Å². The van der Waals surface area contributed by atoms with E-state index < -0.39 is 39.4 Å². The smallest absolute Gasteiger partial charge is 0.299 e. The fraction of sp³-hybridized carbons (Fsp3) is 0.400. The van der Waals surface area contributed by atoms with Gasteiger partial charge in [-0.2, -0.15) is 0 Å². The van der Waals surface area contributed by atoms with Crippen molar-refractivity contribution in [2.75, 3.05) is 7.11 Å². The Balaban J connectivity index is 3.24. The van der Waals surface area contributed by atoms with Gasteiger partial charge in [-0.25, -0.2) is 13.0 Å². The van der Waals surface area contributed by atoms with Crippen LogP contribution in [0.4, 0.5) is 5.69 Å². The molecule has 21 heavy (non-hydrogen) atoms. The topological polar surface area (TPSA) is 125 Å². The number of hydrogen-bond donors (Lipinski definition) is 1. The molecule has 0 aromatic heterocycles. The molecule has 1 N–H and O–H groups in total. The van der Waals surface area contributed by atoms with Crippen LogP contribution in [0.2, 0.25) is 0 Å². The van der Waals surface area contributed by atoms with E-state index in [-0.39, 0.29) is 0 Å². The minimum Gasteiger partial charge on any atom is -0.299 e. The summed E-state index contributed by atoms with van der Waals surface area (Å²) in [6, 6.07) is 4.67. The second-order valence-electron chi connectivity index (χ2n) is 4.15. The third-order valence-electron chi connectivity index (χ3n) is 2.17. The van der Waals surface area contributed by atoms with E-state index in [0.29, 0.717) is 0 Å². The van der Waals surface area contributed by atoms with Crippen molar-refractivity contribution in [2.24, 2.45) is 0 Å². The second kappa shape index (κ2) is 6.63. The number of nitro groups is 1. The van der Waals surface area contributed by atoms with Gasteiger partial charge >= 0.3 is 7.75 Å². The molecule has 11 heteroatoms. The van der Waals surface area contributed by atoms with Crippen molar-refractivity contribution in [3.05, 3.63) is 34.4 Å². The van der Waals surface area contributed by atoms with E-state index in [1.54, 1.807) is 4.49 Å². The maximum atomic E-state index is 12.2. The van der Waals surface area contributed by atoms with Crippen molar-refractivity contribution < 1.29 is 27.0 Å². The molecule has 0 spiro atoms. The number of nitrogens with one attached hydrogen (secondary N) is 1. The van der Waals surface area contributed by atoms with E-state index in [2.05, 4.69) is 4.52 Å². The van der Waals surface area contributed by atoms with Crippen LogP contribution in [0.3, 0.4) is 0 Å². The molecule has 0 heterocycles. The number of nitrogens with zero attached hydrogens (tertiary/aromatic N) is 1. The Kier molecular flexibility index (Phi) is 5.60. The first-order chi connectivity index (χ1) is 9.61. The molecule has 0 aliphatic heterocycles. The minimum absolute atomic E-state index is 0.579.